The van der Waals surface area contributed by atoms with Crippen molar-refractivity contribution >= 4 is 17.2 Å². The molecule has 0 aliphatic carbocycles. The zero-order valence-electron chi connectivity index (χ0n) is 13.0. The number of aryl methyl sites for hydroxylation is 1. The molecule has 0 saturated carbocycles. The van der Waals surface area contributed by atoms with Gasteiger partial charge in [0, 0.05) is 11.1 Å². The van der Waals surface area contributed by atoms with Crippen molar-refractivity contribution in [1.82, 2.24) is 5.43 Å². The quantitative estimate of drug-likeness (QED) is 0.771. The van der Waals surface area contributed by atoms with E-state index in [-0.39, 0.29) is 5.82 Å². The van der Waals surface area contributed by atoms with Gasteiger partial charge < -0.3 is 4.42 Å². The molecular weight excluding hydrogens is 305 g/mol. The highest BCUT2D eigenvalue weighted by molar-refractivity contribution is 6.16. The van der Waals surface area contributed by atoms with Crippen molar-refractivity contribution in [3.8, 4) is 0 Å². The van der Waals surface area contributed by atoms with Crippen LogP contribution in [-0.2, 0) is 0 Å². The van der Waals surface area contributed by atoms with Gasteiger partial charge in [-0.15, -0.1) is 0 Å². The Morgan fingerprint density at radius 2 is 1.75 bits per heavy atom. The predicted molar refractivity (Wildman–Crippen MR) is 91.3 cm³/mol. The first-order valence-electron chi connectivity index (χ1n) is 7.55. The lowest BCUT2D eigenvalue weighted by Crippen LogP contribution is -2.19. The highest BCUT2D eigenvalue weighted by atomic mass is 19.1. The maximum atomic E-state index is 13.2. The van der Waals surface area contributed by atoms with E-state index in [0.717, 1.165) is 22.6 Å². The number of halogens is 1. The first kappa shape index (κ1) is 14.4. The summed E-state index contributed by atoms with van der Waals surface area (Å²) in [5.74, 6) is 1.75. The molecular formula is C19H14FN3O. The van der Waals surface area contributed by atoms with Gasteiger partial charge in [0.15, 0.2) is 11.6 Å². The molecule has 2 heterocycles. The molecule has 24 heavy (non-hydrogen) atoms. The second kappa shape index (κ2) is 5.77. The fourth-order valence-electron chi connectivity index (χ4n) is 2.57. The molecule has 0 saturated heterocycles. The number of hydrogen-bond acceptors (Lipinski definition) is 4. The van der Waals surface area contributed by atoms with E-state index in [4.69, 9.17) is 4.42 Å². The molecule has 0 amide bonds. The SMILES string of the molecule is Cc1ccc(C2=NNC(c3ccc(F)cc3)=Nc3ccccc32)o1. The standard InChI is InChI=1S/C19H14FN3O/c1-12-6-11-17(24-12)18-15-4-2-3-5-16(15)21-19(23-22-18)13-7-9-14(20)10-8-13/h2-11H,1H3,(H,21,23). The Bertz CT molecular complexity index is 955. The van der Waals surface area contributed by atoms with E-state index in [2.05, 4.69) is 15.5 Å². The molecule has 4 rings (SSSR count). The summed E-state index contributed by atoms with van der Waals surface area (Å²) in [6.45, 7) is 1.89. The largest absolute Gasteiger partial charge is 0.460 e. The van der Waals surface area contributed by atoms with Gasteiger partial charge in [-0.3, -0.25) is 5.43 Å². The Hall–Kier alpha value is -3.21. The number of benzene rings is 2. The van der Waals surface area contributed by atoms with Crippen LogP contribution in [0, 0.1) is 12.7 Å². The highest BCUT2D eigenvalue weighted by Crippen LogP contribution is 2.26. The number of aliphatic imine (C=N–C) groups is 1. The molecule has 0 bridgehead atoms. The fourth-order valence-corrected chi connectivity index (χ4v) is 2.57. The zero-order valence-corrected chi connectivity index (χ0v) is 13.0. The van der Waals surface area contributed by atoms with Crippen LogP contribution in [0.1, 0.15) is 22.6 Å². The van der Waals surface area contributed by atoms with Crippen LogP contribution >= 0.6 is 0 Å². The molecule has 4 nitrogen and oxygen atoms in total. The molecule has 0 fully saturated rings. The Morgan fingerprint density at radius 1 is 0.958 bits per heavy atom. The molecule has 1 aliphatic rings. The third-order valence-corrected chi connectivity index (χ3v) is 3.76. The summed E-state index contributed by atoms with van der Waals surface area (Å²) in [6, 6.07) is 17.6. The summed E-state index contributed by atoms with van der Waals surface area (Å²) in [5, 5.41) is 4.48. The first-order valence-corrected chi connectivity index (χ1v) is 7.55. The van der Waals surface area contributed by atoms with E-state index in [1.807, 2.05) is 43.3 Å². The number of para-hydroxylation sites is 1. The number of nitrogens with zero attached hydrogens (tertiary/aromatic N) is 2. The maximum absolute atomic E-state index is 13.2. The van der Waals surface area contributed by atoms with Gasteiger partial charge in [0.1, 0.15) is 17.3 Å². The van der Waals surface area contributed by atoms with Gasteiger partial charge in [-0.05, 0) is 49.4 Å². The van der Waals surface area contributed by atoms with E-state index in [0.29, 0.717) is 17.3 Å². The van der Waals surface area contributed by atoms with Crippen LogP contribution in [0.5, 0.6) is 0 Å². The number of fused-ring (bicyclic) bond motifs is 1. The Morgan fingerprint density at radius 3 is 2.50 bits per heavy atom. The van der Waals surface area contributed by atoms with Gasteiger partial charge in [-0.1, -0.05) is 18.2 Å². The molecule has 3 aromatic rings. The minimum absolute atomic E-state index is 0.288. The molecule has 118 valence electrons. The number of furan rings is 1. The van der Waals surface area contributed by atoms with Crippen molar-refractivity contribution in [2.24, 2.45) is 10.1 Å². The second-order valence-corrected chi connectivity index (χ2v) is 5.47. The molecule has 0 radical (unpaired) electrons. The first-order chi connectivity index (χ1) is 11.7. The van der Waals surface area contributed by atoms with Gasteiger partial charge in [-0.2, -0.15) is 5.10 Å². The number of nitrogens with one attached hydrogen (secondary N) is 1. The molecule has 0 spiro atoms. The average Bonchev–Trinajstić information content (AvgIpc) is 2.92. The van der Waals surface area contributed by atoms with Crippen LogP contribution < -0.4 is 5.43 Å². The topological polar surface area (TPSA) is 49.9 Å². The van der Waals surface area contributed by atoms with Gasteiger partial charge in [0.25, 0.3) is 0 Å². The predicted octanol–water partition coefficient (Wildman–Crippen LogP) is 4.16. The fraction of sp³-hybridized carbons (Fsp3) is 0.0526. The summed E-state index contributed by atoms with van der Waals surface area (Å²) in [4.78, 5) is 4.65. The summed E-state index contributed by atoms with van der Waals surface area (Å²) in [7, 11) is 0. The molecule has 2 aromatic carbocycles. The Kier molecular flexibility index (Phi) is 3.46. The third kappa shape index (κ3) is 2.60. The van der Waals surface area contributed by atoms with E-state index >= 15 is 0 Å². The van der Waals surface area contributed by atoms with Crippen LogP contribution in [0.2, 0.25) is 0 Å². The molecule has 0 atom stereocenters. The summed E-state index contributed by atoms with van der Waals surface area (Å²) in [6.07, 6.45) is 0. The average molecular weight is 319 g/mol. The summed E-state index contributed by atoms with van der Waals surface area (Å²) < 4.78 is 18.9. The number of hydrogen-bond donors (Lipinski definition) is 1. The van der Waals surface area contributed by atoms with Gasteiger partial charge in [-0.25, -0.2) is 9.38 Å². The van der Waals surface area contributed by atoms with E-state index < -0.39 is 0 Å². The van der Waals surface area contributed by atoms with Gasteiger partial charge in [0.05, 0.1) is 5.69 Å². The number of hydrazone groups is 1. The zero-order chi connectivity index (χ0) is 16.5. The lowest BCUT2D eigenvalue weighted by atomic mass is 10.1. The molecule has 5 heteroatoms. The molecule has 0 unspecified atom stereocenters. The van der Waals surface area contributed by atoms with Gasteiger partial charge in [0.2, 0.25) is 0 Å². The lowest BCUT2D eigenvalue weighted by molar-refractivity contribution is 0.525. The van der Waals surface area contributed by atoms with Crippen molar-refractivity contribution < 1.29 is 8.81 Å². The van der Waals surface area contributed by atoms with Crippen LogP contribution in [0.3, 0.4) is 0 Å². The second-order valence-electron chi connectivity index (χ2n) is 5.47. The Balaban J connectivity index is 1.84. The van der Waals surface area contributed by atoms with Crippen molar-refractivity contribution in [2.45, 2.75) is 6.92 Å². The smallest absolute Gasteiger partial charge is 0.155 e. The van der Waals surface area contributed by atoms with Crippen LogP contribution in [-0.4, -0.2) is 11.5 Å². The van der Waals surface area contributed by atoms with Crippen molar-refractivity contribution in [3.63, 3.8) is 0 Å². The lowest BCUT2D eigenvalue weighted by Gasteiger charge is -2.04. The monoisotopic (exact) mass is 319 g/mol. The van der Waals surface area contributed by atoms with Crippen molar-refractivity contribution in [2.75, 3.05) is 0 Å². The maximum Gasteiger partial charge on any atom is 0.155 e. The van der Waals surface area contributed by atoms with Gasteiger partial charge >= 0.3 is 0 Å². The van der Waals surface area contributed by atoms with Crippen molar-refractivity contribution in [1.29, 1.82) is 0 Å². The van der Waals surface area contributed by atoms with E-state index in [1.165, 1.54) is 12.1 Å². The van der Waals surface area contributed by atoms with E-state index in [1.54, 1.807) is 12.1 Å². The van der Waals surface area contributed by atoms with Crippen LogP contribution in [0.15, 0.2) is 75.2 Å². The number of amidine groups is 1. The number of rotatable bonds is 2. The third-order valence-electron chi connectivity index (χ3n) is 3.76. The Labute approximate surface area is 138 Å². The van der Waals surface area contributed by atoms with Crippen LogP contribution in [0.25, 0.3) is 0 Å². The summed E-state index contributed by atoms with van der Waals surface area (Å²) in [5.41, 5.74) is 6.06. The highest BCUT2D eigenvalue weighted by Gasteiger charge is 2.19. The van der Waals surface area contributed by atoms with Crippen LogP contribution in [0.4, 0.5) is 10.1 Å². The molecule has 1 aromatic heterocycles. The minimum atomic E-state index is -0.288. The van der Waals surface area contributed by atoms with Crippen molar-refractivity contribution in [3.05, 3.63) is 89.1 Å². The summed E-state index contributed by atoms with van der Waals surface area (Å²) >= 11 is 0. The molecule has 1 N–H and O–H groups in total. The minimum Gasteiger partial charge on any atom is -0.460 e. The molecule has 1 aliphatic heterocycles. The normalized spacial score (nSPS) is 13.4. The van der Waals surface area contributed by atoms with E-state index in [9.17, 15) is 4.39 Å².